The van der Waals surface area contributed by atoms with Crippen molar-refractivity contribution in [3.05, 3.63) is 29.6 Å². The van der Waals surface area contributed by atoms with Crippen molar-refractivity contribution in [2.24, 2.45) is 5.41 Å². The number of rotatable bonds is 4. The van der Waals surface area contributed by atoms with E-state index in [2.05, 4.69) is 29.8 Å². The first kappa shape index (κ1) is 13.0. The Balaban J connectivity index is 2.06. The van der Waals surface area contributed by atoms with Crippen molar-refractivity contribution >= 4 is 0 Å². The smallest absolute Gasteiger partial charge is 0.144 e. The van der Waals surface area contributed by atoms with Gasteiger partial charge in [0.25, 0.3) is 0 Å². The number of nitrogens with zero attached hydrogens (tertiary/aromatic N) is 3. The molecule has 0 aliphatic carbocycles. The molecule has 1 fully saturated rings. The molecule has 0 spiro atoms. The van der Waals surface area contributed by atoms with E-state index in [9.17, 15) is 0 Å². The molecule has 96 valence electrons. The molecule has 2 rings (SSSR count). The molecular weight excluding hydrogens is 222 g/mol. The first-order chi connectivity index (χ1) is 8.73. The Morgan fingerprint density at radius 2 is 2.22 bits per heavy atom. The van der Waals surface area contributed by atoms with E-state index in [-0.39, 0.29) is 0 Å². The van der Waals surface area contributed by atoms with Gasteiger partial charge in [-0.3, -0.25) is 4.90 Å². The van der Waals surface area contributed by atoms with Gasteiger partial charge in [0.1, 0.15) is 11.8 Å². The Labute approximate surface area is 109 Å². The van der Waals surface area contributed by atoms with E-state index in [1.165, 1.54) is 19.3 Å². The second kappa shape index (κ2) is 5.49. The lowest BCUT2D eigenvalue weighted by Gasteiger charge is -2.26. The van der Waals surface area contributed by atoms with Gasteiger partial charge in [0.05, 0.1) is 0 Å². The van der Waals surface area contributed by atoms with Crippen LogP contribution in [0.15, 0.2) is 18.3 Å². The van der Waals surface area contributed by atoms with Crippen molar-refractivity contribution in [3.63, 3.8) is 0 Å². The lowest BCUT2D eigenvalue weighted by atomic mass is 9.82. The summed E-state index contributed by atoms with van der Waals surface area (Å²) in [6.07, 6.45) is 5.47. The number of likely N-dealkylation sites (tertiary alicyclic amines) is 1. The minimum atomic E-state index is 0.495. The fourth-order valence-corrected chi connectivity index (χ4v) is 2.90. The van der Waals surface area contributed by atoms with E-state index in [0.717, 1.165) is 25.2 Å². The van der Waals surface area contributed by atoms with Crippen LogP contribution in [0.3, 0.4) is 0 Å². The third-order valence-corrected chi connectivity index (χ3v) is 4.41. The van der Waals surface area contributed by atoms with Crippen molar-refractivity contribution in [2.75, 3.05) is 13.1 Å². The van der Waals surface area contributed by atoms with E-state index < -0.39 is 0 Å². The van der Waals surface area contributed by atoms with E-state index in [0.29, 0.717) is 11.1 Å². The summed E-state index contributed by atoms with van der Waals surface area (Å²) in [6.45, 7) is 7.73. The number of pyridine rings is 1. The molecule has 0 atom stereocenters. The van der Waals surface area contributed by atoms with Crippen LogP contribution < -0.4 is 0 Å². The average Bonchev–Trinajstić information content (AvgIpc) is 2.83. The lowest BCUT2D eigenvalue weighted by molar-refractivity contribution is 0.236. The summed E-state index contributed by atoms with van der Waals surface area (Å²) in [6, 6.07) is 6.11. The van der Waals surface area contributed by atoms with Crippen LogP contribution in [0.5, 0.6) is 0 Å². The van der Waals surface area contributed by atoms with Crippen LogP contribution in [0.4, 0.5) is 0 Å². The molecule has 3 nitrogen and oxygen atoms in total. The number of nitriles is 1. The Morgan fingerprint density at radius 1 is 1.44 bits per heavy atom. The fraction of sp³-hybridized carbons (Fsp3) is 0.600. The second-order valence-electron chi connectivity index (χ2n) is 5.29. The van der Waals surface area contributed by atoms with E-state index in [1.54, 1.807) is 6.20 Å². The molecule has 0 aromatic carbocycles. The molecule has 0 amide bonds. The van der Waals surface area contributed by atoms with Gasteiger partial charge < -0.3 is 0 Å². The maximum atomic E-state index is 9.06. The van der Waals surface area contributed by atoms with Gasteiger partial charge in [-0.2, -0.15) is 5.26 Å². The summed E-state index contributed by atoms with van der Waals surface area (Å²) in [5.74, 6) is 0. The topological polar surface area (TPSA) is 39.9 Å². The highest BCUT2D eigenvalue weighted by atomic mass is 15.2. The number of hydrogen-bond donors (Lipinski definition) is 0. The summed E-state index contributed by atoms with van der Waals surface area (Å²) in [5, 5.41) is 9.06. The Kier molecular flexibility index (Phi) is 3.98. The van der Waals surface area contributed by atoms with Crippen molar-refractivity contribution in [1.82, 2.24) is 9.88 Å². The van der Waals surface area contributed by atoms with Gasteiger partial charge in [0.15, 0.2) is 0 Å². The molecule has 1 aromatic rings. The maximum Gasteiger partial charge on any atom is 0.144 e. The maximum absolute atomic E-state index is 9.06. The summed E-state index contributed by atoms with van der Waals surface area (Å²) < 4.78 is 0. The Bertz CT molecular complexity index is 443. The van der Waals surface area contributed by atoms with Crippen LogP contribution in [0.2, 0.25) is 0 Å². The molecule has 0 radical (unpaired) electrons. The first-order valence-electron chi connectivity index (χ1n) is 6.79. The standard InChI is InChI=1S/C15H21N3/c1-3-15(4-2)7-9-18(12-15)11-13-6-5-8-17-14(13)10-16/h5-6,8H,3-4,7,9,11-12H2,1-2H3. The zero-order valence-corrected chi connectivity index (χ0v) is 11.3. The van der Waals surface area contributed by atoms with Gasteiger partial charge in [0.2, 0.25) is 0 Å². The zero-order valence-electron chi connectivity index (χ0n) is 11.3. The molecule has 2 heterocycles. The summed E-state index contributed by atoms with van der Waals surface area (Å²) in [7, 11) is 0. The molecule has 0 bridgehead atoms. The molecule has 1 aliphatic rings. The monoisotopic (exact) mass is 243 g/mol. The van der Waals surface area contributed by atoms with Gasteiger partial charge in [0, 0.05) is 24.8 Å². The molecule has 3 heteroatoms. The largest absolute Gasteiger partial charge is 0.298 e. The summed E-state index contributed by atoms with van der Waals surface area (Å²) >= 11 is 0. The molecule has 0 saturated carbocycles. The van der Waals surface area contributed by atoms with Crippen molar-refractivity contribution in [1.29, 1.82) is 5.26 Å². The van der Waals surface area contributed by atoms with Crippen LogP contribution in [-0.4, -0.2) is 23.0 Å². The first-order valence-corrected chi connectivity index (χ1v) is 6.79. The number of aromatic nitrogens is 1. The predicted octanol–water partition coefficient (Wildman–Crippen LogP) is 2.97. The fourth-order valence-electron chi connectivity index (χ4n) is 2.90. The van der Waals surface area contributed by atoms with Crippen LogP contribution in [0, 0.1) is 16.7 Å². The van der Waals surface area contributed by atoms with Crippen molar-refractivity contribution in [2.45, 2.75) is 39.7 Å². The Hall–Kier alpha value is -1.40. The molecule has 0 unspecified atom stereocenters. The van der Waals surface area contributed by atoms with Crippen LogP contribution in [-0.2, 0) is 6.54 Å². The summed E-state index contributed by atoms with van der Waals surface area (Å²) in [5.41, 5.74) is 2.13. The molecule has 1 aliphatic heterocycles. The summed E-state index contributed by atoms with van der Waals surface area (Å²) in [4.78, 5) is 6.59. The molecule has 18 heavy (non-hydrogen) atoms. The van der Waals surface area contributed by atoms with E-state index >= 15 is 0 Å². The van der Waals surface area contributed by atoms with E-state index in [4.69, 9.17) is 5.26 Å². The second-order valence-corrected chi connectivity index (χ2v) is 5.29. The van der Waals surface area contributed by atoms with Gasteiger partial charge >= 0.3 is 0 Å². The third kappa shape index (κ3) is 2.54. The highest BCUT2D eigenvalue weighted by Gasteiger charge is 2.34. The lowest BCUT2D eigenvalue weighted by Crippen LogP contribution is -2.26. The highest BCUT2D eigenvalue weighted by Crippen LogP contribution is 2.37. The highest BCUT2D eigenvalue weighted by molar-refractivity contribution is 5.30. The predicted molar refractivity (Wildman–Crippen MR) is 71.9 cm³/mol. The van der Waals surface area contributed by atoms with Gasteiger partial charge in [-0.1, -0.05) is 19.9 Å². The van der Waals surface area contributed by atoms with Crippen molar-refractivity contribution < 1.29 is 0 Å². The van der Waals surface area contributed by atoms with Crippen LogP contribution in [0.25, 0.3) is 0 Å². The minimum absolute atomic E-state index is 0.495. The van der Waals surface area contributed by atoms with E-state index in [1.807, 2.05) is 12.1 Å². The third-order valence-electron chi connectivity index (χ3n) is 4.41. The van der Waals surface area contributed by atoms with Crippen LogP contribution >= 0.6 is 0 Å². The normalized spacial score (nSPS) is 18.7. The average molecular weight is 243 g/mol. The van der Waals surface area contributed by atoms with Gasteiger partial charge in [-0.05, 0) is 37.3 Å². The SMILES string of the molecule is CCC1(CC)CCN(Cc2cccnc2C#N)C1. The van der Waals surface area contributed by atoms with Gasteiger partial charge in [-0.25, -0.2) is 4.98 Å². The molecule has 1 saturated heterocycles. The van der Waals surface area contributed by atoms with Crippen molar-refractivity contribution in [3.8, 4) is 6.07 Å². The van der Waals surface area contributed by atoms with Gasteiger partial charge in [-0.15, -0.1) is 0 Å². The zero-order chi connectivity index (χ0) is 13.0. The molecule has 1 aromatic heterocycles. The number of hydrogen-bond acceptors (Lipinski definition) is 3. The molecular formula is C15H21N3. The quantitative estimate of drug-likeness (QED) is 0.816. The Morgan fingerprint density at radius 3 is 2.83 bits per heavy atom. The molecule has 0 N–H and O–H groups in total. The minimum Gasteiger partial charge on any atom is -0.298 e. The van der Waals surface area contributed by atoms with Crippen LogP contribution in [0.1, 0.15) is 44.4 Å².